The van der Waals surface area contributed by atoms with Gasteiger partial charge in [-0.05, 0) is 26.7 Å². The molecule has 1 aromatic rings. The summed E-state index contributed by atoms with van der Waals surface area (Å²) in [6.45, 7) is 3.70. The summed E-state index contributed by atoms with van der Waals surface area (Å²) >= 11 is 0. The highest BCUT2D eigenvalue weighted by Crippen LogP contribution is 2.26. The van der Waals surface area contributed by atoms with Crippen molar-refractivity contribution < 1.29 is 14.0 Å². The molecule has 1 saturated carbocycles. The third kappa shape index (κ3) is 2.72. The first-order chi connectivity index (χ1) is 10.0. The van der Waals surface area contributed by atoms with Crippen LogP contribution in [0, 0.1) is 13.8 Å². The van der Waals surface area contributed by atoms with E-state index in [2.05, 4.69) is 15.6 Å². The second-order valence-electron chi connectivity index (χ2n) is 5.74. The van der Waals surface area contributed by atoms with Crippen LogP contribution >= 0.6 is 0 Å². The van der Waals surface area contributed by atoms with Crippen LogP contribution in [-0.4, -0.2) is 40.5 Å². The number of oxazole rings is 1. The number of hydrogen-bond donors (Lipinski definition) is 2. The van der Waals surface area contributed by atoms with Gasteiger partial charge in [0.15, 0.2) is 0 Å². The molecule has 0 spiro atoms. The summed E-state index contributed by atoms with van der Waals surface area (Å²) in [6, 6.07) is 0.00345. The molecular weight excluding hydrogens is 272 g/mol. The van der Waals surface area contributed by atoms with E-state index in [1.165, 1.54) is 0 Å². The van der Waals surface area contributed by atoms with Gasteiger partial charge in [0, 0.05) is 6.04 Å². The Morgan fingerprint density at radius 3 is 2.86 bits per heavy atom. The van der Waals surface area contributed by atoms with Crippen molar-refractivity contribution in [3.63, 3.8) is 0 Å². The SMILES string of the molecule is Cc1nc(NC(=O)N2CC(=O)N[C@H]3CCCC[C@@H]32)oc1C. The molecule has 0 radical (unpaired) electrons. The quantitative estimate of drug-likeness (QED) is 0.822. The van der Waals surface area contributed by atoms with Gasteiger partial charge in [0.25, 0.3) is 0 Å². The number of rotatable bonds is 1. The van der Waals surface area contributed by atoms with E-state index >= 15 is 0 Å². The number of anilines is 1. The highest BCUT2D eigenvalue weighted by molar-refractivity contribution is 5.92. The van der Waals surface area contributed by atoms with Gasteiger partial charge in [-0.15, -0.1) is 0 Å². The number of amides is 3. The van der Waals surface area contributed by atoms with Gasteiger partial charge < -0.3 is 14.6 Å². The van der Waals surface area contributed by atoms with Crippen molar-refractivity contribution in [3.05, 3.63) is 11.5 Å². The highest BCUT2D eigenvalue weighted by atomic mass is 16.4. The zero-order valence-corrected chi connectivity index (χ0v) is 12.3. The van der Waals surface area contributed by atoms with Crippen LogP contribution in [0.3, 0.4) is 0 Å². The molecule has 7 nitrogen and oxygen atoms in total. The number of urea groups is 1. The highest BCUT2D eigenvalue weighted by Gasteiger charge is 2.39. The maximum absolute atomic E-state index is 12.4. The number of aromatic nitrogens is 1. The summed E-state index contributed by atoms with van der Waals surface area (Å²) in [5, 5.41) is 5.64. The van der Waals surface area contributed by atoms with Crippen LogP contribution in [0.25, 0.3) is 0 Å². The van der Waals surface area contributed by atoms with Crippen LogP contribution in [-0.2, 0) is 4.79 Å². The molecule has 1 aliphatic carbocycles. The normalized spacial score (nSPS) is 25.2. The molecule has 2 atom stereocenters. The van der Waals surface area contributed by atoms with Crippen molar-refractivity contribution in [3.8, 4) is 0 Å². The van der Waals surface area contributed by atoms with Crippen molar-refractivity contribution in [1.29, 1.82) is 0 Å². The van der Waals surface area contributed by atoms with Crippen molar-refractivity contribution >= 4 is 18.0 Å². The Bertz CT molecular complexity index is 549. The van der Waals surface area contributed by atoms with Gasteiger partial charge >= 0.3 is 12.0 Å². The predicted octanol–water partition coefficient (Wildman–Crippen LogP) is 1.57. The Morgan fingerprint density at radius 2 is 2.14 bits per heavy atom. The molecule has 0 unspecified atom stereocenters. The third-order valence-corrected chi connectivity index (χ3v) is 4.29. The smallest absolute Gasteiger partial charge is 0.326 e. The Morgan fingerprint density at radius 1 is 1.38 bits per heavy atom. The summed E-state index contributed by atoms with van der Waals surface area (Å²) < 4.78 is 5.37. The van der Waals surface area contributed by atoms with Crippen LogP contribution in [0.2, 0.25) is 0 Å². The first-order valence-corrected chi connectivity index (χ1v) is 7.35. The van der Waals surface area contributed by atoms with E-state index in [0.29, 0.717) is 5.76 Å². The minimum absolute atomic E-state index is 0.0635. The summed E-state index contributed by atoms with van der Waals surface area (Å²) in [4.78, 5) is 29.9. The fraction of sp³-hybridized carbons (Fsp3) is 0.643. The zero-order chi connectivity index (χ0) is 15.0. The molecule has 1 aliphatic heterocycles. The summed E-state index contributed by atoms with van der Waals surface area (Å²) in [5.41, 5.74) is 0.747. The summed E-state index contributed by atoms with van der Waals surface area (Å²) in [7, 11) is 0. The lowest BCUT2D eigenvalue weighted by molar-refractivity contribution is -0.126. The lowest BCUT2D eigenvalue weighted by Crippen LogP contribution is -2.63. The Labute approximate surface area is 123 Å². The van der Waals surface area contributed by atoms with Crippen LogP contribution in [0.5, 0.6) is 0 Å². The van der Waals surface area contributed by atoms with Crippen molar-refractivity contribution in [1.82, 2.24) is 15.2 Å². The maximum atomic E-state index is 12.4. The molecule has 1 saturated heterocycles. The fourth-order valence-electron chi connectivity index (χ4n) is 3.09. The lowest BCUT2D eigenvalue weighted by atomic mass is 9.87. The Balaban J connectivity index is 1.74. The van der Waals surface area contributed by atoms with Crippen LogP contribution in [0.15, 0.2) is 4.42 Å². The van der Waals surface area contributed by atoms with Crippen LogP contribution in [0.4, 0.5) is 10.8 Å². The average molecular weight is 292 g/mol. The molecule has 3 rings (SSSR count). The minimum Gasteiger partial charge on any atom is -0.428 e. The van der Waals surface area contributed by atoms with E-state index in [0.717, 1.165) is 31.4 Å². The van der Waals surface area contributed by atoms with Gasteiger partial charge in [-0.25, -0.2) is 4.79 Å². The standard InChI is InChI=1S/C14H20N4O3/c1-8-9(2)21-13(15-8)17-14(20)18-7-12(19)16-10-5-3-4-6-11(10)18/h10-11H,3-7H2,1-2H3,(H,16,19)(H,15,17,20)/t10-,11-/m0/s1. The van der Waals surface area contributed by atoms with Crippen LogP contribution < -0.4 is 10.6 Å². The topological polar surface area (TPSA) is 87.5 Å². The number of nitrogens with zero attached hydrogens (tertiary/aromatic N) is 2. The van der Waals surface area contributed by atoms with Crippen molar-refractivity contribution in [2.45, 2.75) is 51.6 Å². The molecule has 21 heavy (non-hydrogen) atoms. The van der Waals surface area contributed by atoms with Gasteiger partial charge in [-0.3, -0.25) is 10.1 Å². The predicted molar refractivity (Wildman–Crippen MR) is 75.9 cm³/mol. The second-order valence-corrected chi connectivity index (χ2v) is 5.74. The van der Waals surface area contributed by atoms with E-state index in [1.54, 1.807) is 11.8 Å². The van der Waals surface area contributed by atoms with Crippen LogP contribution in [0.1, 0.15) is 37.1 Å². The van der Waals surface area contributed by atoms with Gasteiger partial charge in [-0.1, -0.05) is 12.8 Å². The number of piperazine rings is 1. The molecule has 2 fully saturated rings. The van der Waals surface area contributed by atoms with Gasteiger partial charge in [0.2, 0.25) is 5.91 Å². The molecule has 2 heterocycles. The number of carbonyl (C=O) groups excluding carboxylic acids is 2. The van der Waals surface area contributed by atoms with Gasteiger partial charge in [-0.2, -0.15) is 4.98 Å². The minimum atomic E-state index is -0.317. The van der Waals surface area contributed by atoms with E-state index < -0.39 is 0 Å². The number of aryl methyl sites for hydroxylation is 2. The average Bonchev–Trinajstić information content (AvgIpc) is 2.76. The second kappa shape index (κ2) is 5.38. The lowest BCUT2D eigenvalue weighted by Gasteiger charge is -2.43. The maximum Gasteiger partial charge on any atom is 0.326 e. The molecule has 114 valence electrons. The molecule has 7 heteroatoms. The molecule has 0 aromatic carbocycles. The van der Waals surface area contributed by atoms with Gasteiger partial charge in [0.05, 0.1) is 11.7 Å². The summed E-state index contributed by atoms with van der Waals surface area (Å²) in [6.07, 6.45) is 4.02. The van der Waals surface area contributed by atoms with E-state index in [-0.39, 0.29) is 36.6 Å². The molecule has 0 bridgehead atoms. The van der Waals surface area contributed by atoms with Crippen molar-refractivity contribution in [2.75, 3.05) is 11.9 Å². The largest absolute Gasteiger partial charge is 0.428 e. The number of carbonyl (C=O) groups is 2. The third-order valence-electron chi connectivity index (χ3n) is 4.29. The molecule has 2 aliphatic rings. The Kier molecular flexibility index (Phi) is 3.57. The zero-order valence-electron chi connectivity index (χ0n) is 12.3. The molecule has 1 aromatic heterocycles. The fourth-order valence-corrected chi connectivity index (χ4v) is 3.09. The van der Waals surface area contributed by atoms with Crippen molar-refractivity contribution in [2.24, 2.45) is 0 Å². The molecule has 3 amide bonds. The van der Waals surface area contributed by atoms with E-state index in [4.69, 9.17) is 4.42 Å². The summed E-state index contributed by atoms with van der Waals surface area (Å²) in [5.74, 6) is 0.574. The first kappa shape index (κ1) is 13.9. The number of fused-ring (bicyclic) bond motifs is 1. The van der Waals surface area contributed by atoms with E-state index in [9.17, 15) is 9.59 Å². The number of hydrogen-bond acceptors (Lipinski definition) is 4. The van der Waals surface area contributed by atoms with E-state index in [1.807, 2.05) is 6.92 Å². The monoisotopic (exact) mass is 292 g/mol. The number of nitrogens with one attached hydrogen (secondary N) is 2. The van der Waals surface area contributed by atoms with Gasteiger partial charge in [0.1, 0.15) is 12.3 Å². The first-order valence-electron chi connectivity index (χ1n) is 7.35. The molecular formula is C14H20N4O3. The Hall–Kier alpha value is -2.05. The molecule has 2 N–H and O–H groups in total.